The van der Waals surface area contributed by atoms with Gasteiger partial charge in [0.25, 0.3) is 0 Å². The summed E-state index contributed by atoms with van der Waals surface area (Å²) in [6, 6.07) is 9.32. The third-order valence-electron chi connectivity index (χ3n) is 2.90. The van der Waals surface area contributed by atoms with Crippen molar-refractivity contribution in [1.29, 1.82) is 0 Å². The van der Waals surface area contributed by atoms with Crippen molar-refractivity contribution in [3.05, 3.63) is 57.5 Å². The average molecular weight is 304 g/mol. The Labute approximate surface area is 127 Å². The van der Waals surface area contributed by atoms with Crippen LogP contribution < -0.4 is 5.32 Å². The van der Waals surface area contributed by atoms with Gasteiger partial charge in [0.15, 0.2) is 0 Å². The number of nitrogens with zero attached hydrogens (tertiary/aromatic N) is 3. The van der Waals surface area contributed by atoms with Crippen LogP contribution in [0.4, 0.5) is 0 Å². The highest BCUT2D eigenvalue weighted by Crippen LogP contribution is 2.15. The van der Waals surface area contributed by atoms with E-state index in [9.17, 15) is 14.9 Å². The first-order valence-corrected chi connectivity index (χ1v) is 6.79. The summed E-state index contributed by atoms with van der Waals surface area (Å²) in [7, 11) is 0. The molecule has 0 bridgehead atoms. The molecule has 1 N–H and O–H groups in total. The minimum Gasteiger partial charge on any atom is -0.458 e. The largest absolute Gasteiger partial charge is 0.458 e. The van der Waals surface area contributed by atoms with E-state index in [-0.39, 0.29) is 12.4 Å². The van der Waals surface area contributed by atoms with Crippen molar-refractivity contribution in [2.24, 2.45) is 5.10 Å². The van der Waals surface area contributed by atoms with E-state index in [1.807, 2.05) is 30.3 Å². The fraction of sp³-hybridized carbons (Fsp3) is 0.286. The highest BCUT2D eigenvalue weighted by atomic mass is 16.6. The summed E-state index contributed by atoms with van der Waals surface area (Å²) in [6.07, 6.45) is 1.58. The molecule has 0 atom stereocenters. The van der Waals surface area contributed by atoms with Crippen LogP contribution in [0.2, 0.25) is 0 Å². The van der Waals surface area contributed by atoms with E-state index in [1.165, 1.54) is 5.01 Å². The Bertz CT molecular complexity index is 613. The van der Waals surface area contributed by atoms with E-state index in [0.717, 1.165) is 5.56 Å². The SMILES string of the molecule is CCOC(=O)/C(=C1/NCCN1/N=C\c1ccccc1)[N+](=O)[O-]. The number of esters is 1. The molecule has 0 aromatic heterocycles. The van der Waals surface area contributed by atoms with Gasteiger partial charge in [-0.25, -0.2) is 9.80 Å². The minimum atomic E-state index is -0.975. The van der Waals surface area contributed by atoms with Crippen LogP contribution in [0.25, 0.3) is 0 Å². The monoisotopic (exact) mass is 304 g/mol. The first kappa shape index (κ1) is 15.5. The maximum atomic E-state index is 11.8. The lowest BCUT2D eigenvalue weighted by molar-refractivity contribution is -0.423. The molecule has 22 heavy (non-hydrogen) atoms. The zero-order valence-electron chi connectivity index (χ0n) is 12.1. The molecule has 0 saturated carbocycles. The third kappa shape index (κ3) is 3.60. The highest BCUT2D eigenvalue weighted by Gasteiger charge is 2.35. The molecule has 1 aromatic rings. The lowest BCUT2D eigenvalue weighted by Gasteiger charge is -2.12. The lowest BCUT2D eigenvalue weighted by atomic mass is 10.2. The van der Waals surface area contributed by atoms with Crippen molar-refractivity contribution in [3.8, 4) is 0 Å². The lowest BCUT2D eigenvalue weighted by Crippen LogP contribution is -2.25. The molecular formula is C14H16N4O4. The van der Waals surface area contributed by atoms with E-state index in [1.54, 1.807) is 13.1 Å². The number of hydrazone groups is 1. The topological polar surface area (TPSA) is 97.1 Å². The molecule has 0 radical (unpaired) electrons. The summed E-state index contributed by atoms with van der Waals surface area (Å²) in [4.78, 5) is 22.1. The summed E-state index contributed by atoms with van der Waals surface area (Å²) >= 11 is 0. The van der Waals surface area contributed by atoms with Crippen molar-refractivity contribution in [3.63, 3.8) is 0 Å². The van der Waals surface area contributed by atoms with E-state index < -0.39 is 16.6 Å². The predicted octanol–water partition coefficient (Wildman–Crippen LogP) is 0.935. The van der Waals surface area contributed by atoms with Crippen LogP contribution in [0.3, 0.4) is 0 Å². The fourth-order valence-electron chi connectivity index (χ4n) is 1.94. The normalized spacial score (nSPS) is 16.5. The van der Waals surface area contributed by atoms with Crippen LogP contribution in [-0.4, -0.2) is 41.8 Å². The molecule has 1 aliphatic rings. The van der Waals surface area contributed by atoms with Gasteiger partial charge < -0.3 is 10.1 Å². The second-order valence-corrected chi connectivity index (χ2v) is 4.38. The van der Waals surface area contributed by atoms with Gasteiger partial charge in [0, 0.05) is 6.54 Å². The van der Waals surface area contributed by atoms with Gasteiger partial charge in [0.2, 0.25) is 5.82 Å². The summed E-state index contributed by atoms with van der Waals surface area (Å²) in [5.74, 6) is -0.924. The first-order chi connectivity index (χ1) is 10.6. The summed E-state index contributed by atoms with van der Waals surface area (Å²) < 4.78 is 4.73. The molecule has 8 nitrogen and oxygen atoms in total. The molecule has 8 heteroatoms. The predicted molar refractivity (Wildman–Crippen MR) is 79.4 cm³/mol. The number of carbonyl (C=O) groups is 1. The molecular weight excluding hydrogens is 288 g/mol. The van der Waals surface area contributed by atoms with E-state index >= 15 is 0 Å². The average Bonchev–Trinajstić information content (AvgIpc) is 2.94. The van der Waals surface area contributed by atoms with Crippen molar-refractivity contribution in [1.82, 2.24) is 10.3 Å². The Morgan fingerprint density at radius 3 is 2.86 bits per heavy atom. The zero-order valence-corrected chi connectivity index (χ0v) is 12.1. The number of hydrogen-bond donors (Lipinski definition) is 1. The molecule has 0 amide bonds. The maximum Gasteiger partial charge on any atom is 0.413 e. The second kappa shape index (κ2) is 7.21. The molecule has 1 saturated heterocycles. The van der Waals surface area contributed by atoms with Crippen LogP contribution in [0.5, 0.6) is 0 Å². The smallest absolute Gasteiger partial charge is 0.413 e. The Balaban J connectivity index is 2.27. The molecule has 0 aliphatic carbocycles. The summed E-state index contributed by atoms with van der Waals surface area (Å²) in [5, 5.41) is 19.6. The fourth-order valence-corrected chi connectivity index (χ4v) is 1.94. The number of ether oxygens (including phenoxy) is 1. The van der Waals surface area contributed by atoms with Gasteiger partial charge in [-0.05, 0) is 12.5 Å². The van der Waals surface area contributed by atoms with E-state index in [2.05, 4.69) is 10.4 Å². The molecule has 116 valence electrons. The van der Waals surface area contributed by atoms with Crippen molar-refractivity contribution < 1.29 is 14.5 Å². The van der Waals surface area contributed by atoms with E-state index in [0.29, 0.717) is 13.1 Å². The van der Waals surface area contributed by atoms with Crippen LogP contribution in [0.15, 0.2) is 47.0 Å². The summed E-state index contributed by atoms with van der Waals surface area (Å²) in [5.41, 5.74) is 0.220. The van der Waals surface area contributed by atoms with Gasteiger partial charge in [0.1, 0.15) is 0 Å². The Morgan fingerprint density at radius 2 is 2.23 bits per heavy atom. The van der Waals surface area contributed by atoms with E-state index in [4.69, 9.17) is 4.74 Å². The molecule has 0 spiro atoms. The van der Waals surface area contributed by atoms with Crippen molar-refractivity contribution >= 4 is 12.2 Å². The van der Waals surface area contributed by atoms with Gasteiger partial charge in [-0.1, -0.05) is 30.3 Å². The second-order valence-electron chi connectivity index (χ2n) is 4.38. The number of hydrogen-bond acceptors (Lipinski definition) is 7. The van der Waals surface area contributed by atoms with Gasteiger partial charge >= 0.3 is 11.7 Å². The number of nitrogens with one attached hydrogen (secondary N) is 1. The van der Waals surface area contributed by atoms with Crippen LogP contribution in [-0.2, 0) is 9.53 Å². The van der Waals surface area contributed by atoms with Crippen LogP contribution in [0, 0.1) is 10.1 Å². The molecule has 1 aliphatic heterocycles. The minimum absolute atomic E-state index is 0.0515. The Hall–Kier alpha value is -2.90. The Morgan fingerprint density at radius 1 is 1.50 bits per heavy atom. The van der Waals surface area contributed by atoms with Crippen LogP contribution >= 0.6 is 0 Å². The van der Waals surface area contributed by atoms with Gasteiger partial charge in [0.05, 0.1) is 24.3 Å². The zero-order chi connectivity index (χ0) is 15.9. The van der Waals surface area contributed by atoms with Crippen molar-refractivity contribution in [2.45, 2.75) is 6.92 Å². The first-order valence-electron chi connectivity index (χ1n) is 6.79. The molecule has 1 fully saturated rings. The van der Waals surface area contributed by atoms with Gasteiger partial charge in [-0.2, -0.15) is 5.10 Å². The van der Waals surface area contributed by atoms with Gasteiger partial charge in [-0.3, -0.25) is 10.1 Å². The molecule has 0 unspecified atom stereocenters. The molecule has 1 aromatic carbocycles. The standard InChI is InChI=1S/C14H16N4O4/c1-2-22-14(19)12(18(20)21)13-15-8-9-17(13)16-10-11-6-4-3-5-7-11/h3-7,10,15H,2,8-9H2,1H3/b13-12+,16-10-. The maximum absolute atomic E-state index is 11.8. The van der Waals surface area contributed by atoms with Crippen molar-refractivity contribution in [2.75, 3.05) is 19.7 Å². The highest BCUT2D eigenvalue weighted by molar-refractivity contribution is 5.86. The van der Waals surface area contributed by atoms with Crippen LogP contribution in [0.1, 0.15) is 12.5 Å². The Kier molecular flexibility index (Phi) is 5.07. The number of rotatable bonds is 5. The number of nitro groups is 1. The summed E-state index contributed by atoms with van der Waals surface area (Å²) in [6.45, 7) is 2.54. The third-order valence-corrected chi connectivity index (χ3v) is 2.90. The van der Waals surface area contributed by atoms with Gasteiger partial charge in [-0.15, -0.1) is 0 Å². The number of carbonyl (C=O) groups excluding carboxylic acids is 1. The quantitative estimate of drug-likeness (QED) is 0.286. The molecule has 1 heterocycles. The molecule has 2 rings (SSSR count). The number of benzene rings is 1.